The van der Waals surface area contributed by atoms with Gasteiger partial charge in [0.2, 0.25) is 0 Å². The van der Waals surface area contributed by atoms with Gasteiger partial charge in [-0.2, -0.15) is 0 Å². The standard InChI is InChI=1S/C10H24IP/c1-5-9-10-12(11,6-2,7-3)8-4/h5-10H2,1-4H3. The van der Waals surface area contributed by atoms with Crippen LogP contribution < -0.4 is 0 Å². The van der Waals surface area contributed by atoms with Crippen molar-refractivity contribution in [3.8, 4) is 0 Å². The molecule has 0 rings (SSSR count). The Kier molecular flexibility index (Phi) is 5.64. The molecular weight excluding hydrogens is 278 g/mol. The Morgan fingerprint density at radius 2 is 1.33 bits per heavy atom. The molecule has 0 spiro atoms. The van der Waals surface area contributed by atoms with Crippen molar-refractivity contribution in [2.24, 2.45) is 0 Å². The van der Waals surface area contributed by atoms with Gasteiger partial charge in [0.1, 0.15) is 0 Å². The molecule has 0 aromatic rings. The summed E-state index contributed by atoms with van der Waals surface area (Å²) in [6.45, 7) is 9.49. The Balaban J connectivity index is 4.35. The van der Waals surface area contributed by atoms with Gasteiger partial charge in [0, 0.05) is 0 Å². The topological polar surface area (TPSA) is 0 Å². The van der Waals surface area contributed by atoms with Gasteiger partial charge in [0.15, 0.2) is 0 Å². The Morgan fingerprint density at radius 3 is 1.58 bits per heavy atom. The Bertz CT molecular complexity index is 119. The van der Waals surface area contributed by atoms with E-state index in [0.717, 1.165) is 0 Å². The normalized spacial score (nSPS) is 15.6. The third kappa shape index (κ3) is 3.14. The average molecular weight is 302 g/mol. The predicted octanol–water partition coefficient (Wildman–Crippen LogP) is 4.75. The Labute approximate surface area is 91.3 Å². The summed E-state index contributed by atoms with van der Waals surface area (Å²) in [6.07, 6.45) is 8.65. The summed E-state index contributed by atoms with van der Waals surface area (Å²) in [5, 5.41) is 0. The van der Waals surface area contributed by atoms with Crippen molar-refractivity contribution < 1.29 is 0 Å². The van der Waals surface area contributed by atoms with E-state index in [1.807, 2.05) is 0 Å². The fourth-order valence-corrected chi connectivity index (χ4v) is 6.12. The van der Waals surface area contributed by atoms with E-state index >= 15 is 0 Å². The van der Waals surface area contributed by atoms with Crippen LogP contribution in [0.5, 0.6) is 0 Å². The molecule has 0 aromatic carbocycles. The fourth-order valence-electron chi connectivity index (χ4n) is 1.70. The first kappa shape index (κ1) is 13.2. The zero-order valence-corrected chi connectivity index (χ0v) is 12.1. The summed E-state index contributed by atoms with van der Waals surface area (Å²) in [5.41, 5.74) is 0. The van der Waals surface area contributed by atoms with Gasteiger partial charge in [-0.05, 0) is 0 Å². The Morgan fingerprint density at radius 1 is 0.917 bits per heavy atom. The van der Waals surface area contributed by atoms with Crippen molar-refractivity contribution in [3.05, 3.63) is 0 Å². The minimum absolute atomic E-state index is 1.23. The van der Waals surface area contributed by atoms with Crippen LogP contribution in [0.4, 0.5) is 0 Å². The monoisotopic (exact) mass is 302 g/mol. The SMILES string of the molecule is CCCCP(I)(CC)(CC)CC. The van der Waals surface area contributed by atoms with Crippen LogP contribution in [0, 0.1) is 0 Å². The number of unbranched alkanes of at least 4 members (excludes halogenated alkanes) is 1. The molecular formula is C10H24IP. The quantitative estimate of drug-likeness (QED) is 0.490. The number of hydrogen-bond donors (Lipinski definition) is 0. The van der Waals surface area contributed by atoms with Gasteiger partial charge in [-0.15, -0.1) is 0 Å². The van der Waals surface area contributed by atoms with Gasteiger partial charge in [0.25, 0.3) is 0 Å². The minimum atomic E-state index is -1.23. The molecule has 0 aliphatic carbocycles. The van der Waals surface area contributed by atoms with Gasteiger partial charge in [-0.25, -0.2) is 0 Å². The summed E-state index contributed by atoms with van der Waals surface area (Å²) in [4.78, 5) is 0. The van der Waals surface area contributed by atoms with E-state index in [0.29, 0.717) is 0 Å². The van der Waals surface area contributed by atoms with Gasteiger partial charge in [0.05, 0.1) is 0 Å². The van der Waals surface area contributed by atoms with E-state index in [1.54, 1.807) is 0 Å². The molecule has 12 heavy (non-hydrogen) atoms. The molecule has 0 heterocycles. The van der Waals surface area contributed by atoms with E-state index in [-0.39, 0.29) is 0 Å². The average Bonchev–Trinajstić information content (AvgIpc) is 2.15. The third-order valence-electron chi connectivity index (χ3n) is 3.44. The molecule has 0 amide bonds. The maximum atomic E-state index is 2.85. The summed E-state index contributed by atoms with van der Waals surface area (Å²) < 4.78 is -1.23. The van der Waals surface area contributed by atoms with E-state index in [9.17, 15) is 0 Å². The van der Waals surface area contributed by atoms with Crippen LogP contribution in [0.1, 0.15) is 40.5 Å². The van der Waals surface area contributed by atoms with Crippen molar-refractivity contribution in [3.63, 3.8) is 0 Å². The molecule has 0 unspecified atom stereocenters. The molecule has 76 valence electrons. The van der Waals surface area contributed by atoms with Crippen LogP contribution in [0.2, 0.25) is 0 Å². The number of halogens is 1. The van der Waals surface area contributed by atoms with Crippen molar-refractivity contribution in [2.75, 3.05) is 24.6 Å². The summed E-state index contributed by atoms with van der Waals surface area (Å²) in [6, 6.07) is 0. The van der Waals surface area contributed by atoms with E-state index in [4.69, 9.17) is 0 Å². The number of hydrogen-bond acceptors (Lipinski definition) is 0. The van der Waals surface area contributed by atoms with Crippen LogP contribution in [0.25, 0.3) is 0 Å². The van der Waals surface area contributed by atoms with Crippen molar-refractivity contribution in [1.29, 1.82) is 0 Å². The fraction of sp³-hybridized carbons (Fsp3) is 1.00. The molecule has 0 aliphatic heterocycles. The molecule has 0 fully saturated rings. The second-order valence-corrected chi connectivity index (χ2v) is 18.0. The van der Waals surface area contributed by atoms with Gasteiger partial charge >= 0.3 is 91.5 Å². The van der Waals surface area contributed by atoms with E-state index in [1.165, 1.54) is 37.5 Å². The second kappa shape index (κ2) is 5.14. The van der Waals surface area contributed by atoms with Crippen LogP contribution in [0.3, 0.4) is 0 Å². The van der Waals surface area contributed by atoms with E-state index in [2.05, 4.69) is 49.7 Å². The maximum absolute atomic E-state index is 2.85. The number of rotatable bonds is 6. The van der Waals surface area contributed by atoms with Gasteiger partial charge < -0.3 is 0 Å². The third-order valence-corrected chi connectivity index (χ3v) is 17.2. The molecule has 0 aliphatic rings. The molecule has 0 nitrogen and oxygen atoms in total. The van der Waals surface area contributed by atoms with Crippen LogP contribution >= 0.6 is 26.3 Å². The van der Waals surface area contributed by atoms with Gasteiger partial charge in [-0.1, -0.05) is 0 Å². The van der Waals surface area contributed by atoms with E-state index < -0.39 is 4.25 Å². The van der Waals surface area contributed by atoms with Crippen molar-refractivity contribution in [1.82, 2.24) is 0 Å². The molecule has 0 atom stereocenters. The van der Waals surface area contributed by atoms with Crippen LogP contribution in [0.15, 0.2) is 0 Å². The predicted molar refractivity (Wildman–Crippen MR) is 72.3 cm³/mol. The molecule has 0 saturated heterocycles. The van der Waals surface area contributed by atoms with Gasteiger partial charge in [-0.3, -0.25) is 0 Å². The molecule has 0 radical (unpaired) electrons. The molecule has 0 N–H and O–H groups in total. The zero-order chi connectivity index (χ0) is 9.69. The summed E-state index contributed by atoms with van der Waals surface area (Å²) >= 11 is 2.85. The molecule has 0 saturated carbocycles. The Hall–Kier alpha value is 1.16. The van der Waals surface area contributed by atoms with Crippen LogP contribution in [-0.4, -0.2) is 24.6 Å². The first-order chi connectivity index (χ1) is 5.54. The second-order valence-electron chi connectivity index (χ2n) is 3.85. The molecule has 0 aromatic heterocycles. The van der Waals surface area contributed by atoms with Crippen molar-refractivity contribution in [2.45, 2.75) is 40.5 Å². The first-order valence-electron chi connectivity index (χ1n) is 5.26. The molecule has 0 bridgehead atoms. The van der Waals surface area contributed by atoms with Crippen molar-refractivity contribution >= 4 is 26.3 Å². The summed E-state index contributed by atoms with van der Waals surface area (Å²) in [7, 11) is 0. The van der Waals surface area contributed by atoms with Crippen LogP contribution in [-0.2, 0) is 0 Å². The molecule has 2 heteroatoms. The summed E-state index contributed by atoms with van der Waals surface area (Å²) in [5.74, 6) is 0. The zero-order valence-electron chi connectivity index (χ0n) is 9.07. The first-order valence-corrected chi connectivity index (χ1v) is 11.0.